The lowest BCUT2D eigenvalue weighted by molar-refractivity contribution is 0.0604. The Hall–Kier alpha value is -1.10. The summed E-state index contributed by atoms with van der Waals surface area (Å²) in [5.74, 6) is -1.33. The van der Waals surface area contributed by atoms with Gasteiger partial charge in [-0.3, -0.25) is 0 Å². The minimum atomic E-state index is -5.34. The number of methoxy groups -OCH3 is 1. The molecular formula is C12H15F2NO5S2. The van der Waals surface area contributed by atoms with Gasteiger partial charge in [-0.05, 0) is 31.0 Å². The van der Waals surface area contributed by atoms with Gasteiger partial charge in [-0.1, -0.05) is 0 Å². The topological polar surface area (TPSA) is 80.8 Å². The molecule has 1 heterocycles. The van der Waals surface area contributed by atoms with Crippen LogP contribution in [0.1, 0.15) is 12.8 Å². The average Bonchev–Trinajstić information content (AvgIpc) is 2.46. The number of ether oxygens (including phenoxy) is 1. The molecule has 1 fully saturated rings. The summed E-state index contributed by atoms with van der Waals surface area (Å²) in [6.45, 7) is 0.381. The van der Waals surface area contributed by atoms with E-state index < -0.39 is 35.9 Å². The van der Waals surface area contributed by atoms with Crippen LogP contribution < -0.4 is 0 Å². The Morgan fingerprint density at radius 2 is 1.77 bits per heavy atom. The number of halogens is 2. The molecular weight excluding hydrogens is 340 g/mol. The molecule has 0 spiro atoms. The van der Waals surface area contributed by atoms with Crippen LogP contribution in [0.3, 0.4) is 0 Å². The first-order valence-corrected chi connectivity index (χ1v) is 9.26. The van der Waals surface area contributed by atoms with E-state index in [0.29, 0.717) is 25.0 Å². The van der Waals surface area contributed by atoms with Crippen molar-refractivity contribution in [1.82, 2.24) is 4.31 Å². The highest BCUT2D eigenvalue weighted by molar-refractivity contribution is 7.89. The average molecular weight is 355 g/mol. The van der Waals surface area contributed by atoms with Gasteiger partial charge >= 0.3 is 10.2 Å². The predicted molar refractivity (Wildman–Crippen MR) is 73.5 cm³/mol. The van der Waals surface area contributed by atoms with E-state index in [1.165, 1.54) is 7.11 Å². The molecule has 1 saturated heterocycles. The molecule has 0 atom stereocenters. The molecule has 0 unspecified atom stereocenters. The summed E-state index contributed by atoms with van der Waals surface area (Å²) in [7, 11) is -7.82. The van der Waals surface area contributed by atoms with Crippen LogP contribution in [-0.4, -0.2) is 47.4 Å². The Labute approximate surface area is 128 Å². The summed E-state index contributed by atoms with van der Waals surface area (Å²) in [5.41, 5.74) is 0. The Kier molecular flexibility index (Phi) is 4.85. The number of nitrogens with zero attached hydrogens (tertiary/aromatic N) is 1. The zero-order chi connectivity index (χ0) is 16.5. The minimum absolute atomic E-state index is 0.0403. The minimum Gasteiger partial charge on any atom is -0.381 e. The first kappa shape index (κ1) is 17.3. The van der Waals surface area contributed by atoms with Gasteiger partial charge in [0.25, 0.3) is 0 Å². The molecule has 1 aliphatic heterocycles. The van der Waals surface area contributed by atoms with Gasteiger partial charge in [0.05, 0.1) is 11.0 Å². The second-order valence-corrected chi connectivity index (χ2v) is 8.12. The van der Waals surface area contributed by atoms with Crippen molar-refractivity contribution in [3.63, 3.8) is 0 Å². The third-order valence-electron chi connectivity index (χ3n) is 3.54. The number of benzene rings is 1. The normalized spacial score (nSPS) is 18.5. The van der Waals surface area contributed by atoms with Crippen LogP contribution >= 0.6 is 0 Å². The van der Waals surface area contributed by atoms with E-state index in [1.807, 2.05) is 0 Å². The van der Waals surface area contributed by atoms with Gasteiger partial charge in [-0.15, -0.1) is 3.89 Å². The molecule has 0 radical (unpaired) electrons. The van der Waals surface area contributed by atoms with Crippen molar-refractivity contribution in [1.29, 1.82) is 0 Å². The number of piperidine rings is 1. The lowest BCUT2D eigenvalue weighted by Gasteiger charge is -2.30. The standard InChI is InChI=1S/C12H15F2NO5S2/c1-20-9-4-6-15(7-5-9)22(18,19)10-2-3-11(13)12(8-10)21(14,16)17/h2-3,8-9H,4-7H2,1H3. The van der Waals surface area contributed by atoms with Gasteiger partial charge in [-0.2, -0.15) is 12.7 Å². The maximum Gasteiger partial charge on any atom is 0.335 e. The van der Waals surface area contributed by atoms with Gasteiger partial charge in [0.2, 0.25) is 10.0 Å². The SMILES string of the molecule is COC1CCN(S(=O)(=O)c2ccc(F)c(S(=O)(=O)F)c2)CC1. The second kappa shape index (κ2) is 6.19. The lowest BCUT2D eigenvalue weighted by atomic mass is 10.1. The lowest BCUT2D eigenvalue weighted by Crippen LogP contribution is -2.40. The molecule has 0 saturated carbocycles. The number of sulfonamides is 1. The summed E-state index contributed by atoms with van der Waals surface area (Å²) < 4.78 is 79.2. The molecule has 1 aromatic carbocycles. The van der Waals surface area contributed by atoms with Crippen molar-refractivity contribution in [3.8, 4) is 0 Å². The summed E-state index contributed by atoms with van der Waals surface area (Å²) in [4.78, 5) is -1.73. The van der Waals surface area contributed by atoms with E-state index >= 15 is 0 Å². The fraction of sp³-hybridized carbons (Fsp3) is 0.500. The Morgan fingerprint density at radius 1 is 1.18 bits per heavy atom. The maximum absolute atomic E-state index is 13.3. The molecule has 0 amide bonds. The first-order valence-electron chi connectivity index (χ1n) is 6.43. The summed E-state index contributed by atoms with van der Waals surface area (Å²) >= 11 is 0. The largest absolute Gasteiger partial charge is 0.381 e. The van der Waals surface area contributed by atoms with E-state index in [9.17, 15) is 25.1 Å². The summed E-state index contributed by atoms with van der Waals surface area (Å²) in [6, 6.07) is 2.05. The smallest absolute Gasteiger partial charge is 0.335 e. The number of hydrogen-bond donors (Lipinski definition) is 0. The number of hydrogen-bond acceptors (Lipinski definition) is 5. The highest BCUT2D eigenvalue weighted by Crippen LogP contribution is 2.26. The van der Waals surface area contributed by atoms with Crippen LogP contribution in [0.15, 0.2) is 28.0 Å². The van der Waals surface area contributed by atoms with Crippen LogP contribution in [-0.2, 0) is 25.0 Å². The molecule has 0 N–H and O–H groups in total. The van der Waals surface area contributed by atoms with Gasteiger partial charge in [0.15, 0.2) is 0 Å². The second-order valence-electron chi connectivity index (χ2n) is 4.87. The molecule has 1 aliphatic rings. The van der Waals surface area contributed by atoms with Crippen molar-refractivity contribution in [2.75, 3.05) is 20.2 Å². The highest BCUT2D eigenvalue weighted by atomic mass is 32.3. The molecule has 10 heteroatoms. The van der Waals surface area contributed by atoms with Gasteiger partial charge in [0, 0.05) is 20.2 Å². The van der Waals surface area contributed by atoms with Gasteiger partial charge in [0.1, 0.15) is 10.7 Å². The van der Waals surface area contributed by atoms with Crippen LogP contribution in [0, 0.1) is 5.82 Å². The zero-order valence-electron chi connectivity index (χ0n) is 11.7. The Balaban J connectivity index is 2.35. The van der Waals surface area contributed by atoms with Crippen molar-refractivity contribution in [3.05, 3.63) is 24.0 Å². The molecule has 0 bridgehead atoms. The van der Waals surface area contributed by atoms with E-state index in [-0.39, 0.29) is 19.2 Å². The van der Waals surface area contributed by atoms with E-state index in [4.69, 9.17) is 4.74 Å². The molecule has 2 rings (SSSR count). The molecule has 0 aromatic heterocycles. The molecule has 6 nitrogen and oxygen atoms in total. The zero-order valence-corrected chi connectivity index (χ0v) is 13.3. The van der Waals surface area contributed by atoms with Crippen molar-refractivity contribution in [2.24, 2.45) is 0 Å². The third-order valence-corrected chi connectivity index (χ3v) is 6.27. The fourth-order valence-electron chi connectivity index (χ4n) is 2.29. The molecule has 0 aliphatic carbocycles. The molecule has 1 aromatic rings. The van der Waals surface area contributed by atoms with Crippen LogP contribution in [0.5, 0.6) is 0 Å². The van der Waals surface area contributed by atoms with Crippen molar-refractivity contribution in [2.45, 2.75) is 28.7 Å². The number of rotatable bonds is 4. The van der Waals surface area contributed by atoms with E-state index in [2.05, 4.69) is 0 Å². The predicted octanol–water partition coefficient (Wildman–Crippen LogP) is 1.28. The van der Waals surface area contributed by atoms with Crippen LogP contribution in [0.4, 0.5) is 8.28 Å². The van der Waals surface area contributed by atoms with Crippen LogP contribution in [0.25, 0.3) is 0 Å². The Bertz CT molecular complexity index is 756. The third kappa shape index (κ3) is 3.45. The van der Waals surface area contributed by atoms with Crippen molar-refractivity contribution >= 4 is 20.2 Å². The highest BCUT2D eigenvalue weighted by Gasteiger charge is 2.31. The quantitative estimate of drug-likeness (QED) is 0.760. The van der Waals surface area contributed by atoms with E-state index in [1.54, 1.807) is 0 Å². The van der Waals surface area contributed by atoms with E-state index in [0.717, 1.165) is 10.4 Å². The fourth-order valence-corrected chi connectivity index (χ4v) is 4.43. The monoisotopic (exact) mass is 355 g/mol. The molecule has 22 heavy (non-hydrogen) atoms. The first-order chi connectivity index (χ1) is 10.2. The molecule has 124 valence electrons. The summed E-state index contributed by atoms with van der Waals surface area (Å²) in [6.07, 6.45) is 0.942. The summed E-state index contributed by atoms with van der Waals surface area (Å²) in [5, 5.41) is 0. The van der Waals surface area contributed by atoms with Gasteiger partial charge < -0.3 is 4.74 Å². The van der Waals surface area contributed by atoms with Gasteiger partial charge in [-0.25, -0.2) is 12.8 Å². The Morgan fingerprint density at radius 3 is 2.27 bits per heavy atom. The maximum atomic E-state index is 13.3. The van der Waals surface area contributed by atoms with Crippen LogP contribution in [0.2, 0.25) is 0 Å². The van der Waals surface area contributed by atoms with Crippen molar-refractivity contribution < 1.29 is 29.8 Å².